The van der Waals surface area contributed by atoms with E-state index >= 15 is 0 Å². The van der Waals surface area contributed by atoms with E-state index in [1.807, 2.05) is 12.1 Å². The molecule has 1 aromatic rings. The van der Waals surface area contributed by atoms with Gasteiger partial charge in [-0.15, -0.1) is 24.0 Å². The third-order valence-electron chi connectivity index (χ3n) is 2.84. The van der Waals surface area contributed by atoms with Gasteiger partial charge in [-0.2, -0.15) is 0 Å². The first-order valence-corrected chi connectivity index (χ1v) is 7.23. The molecule has 0 unspecified atom stereocenters. The van der Waals surface area contributed by atoms with Crippen LogP contribution in [0.5, 0.6) is 5.75 Å². The standard InChI is InChI=1S/C16H27N3O.HI/c1-12(2)14-8-6-7-9-15(14)20-11-10-18-16(17-5)19-13(3)4;/h6-9,12-13H,10-11H2,1-5H3,(H2,17,18,19);1H. The maximum Gasteiger partial charge on any atom is 0.191 e. The molecular weight excluding hydrogens is 377 g/mol. The van der Waals surface area contributed by atoms with E-state index in [0.29, 0.717) is 18.6 Å². The van der Waals surface area contributed by atoms with Crippen LogP contribution in [-0.4, -0.2) is 32.2 Å². The van der Waals surface area contributed by atoms with E-state index in [2.05, 4.69) is 55.5 Å². The van der Waals surface area contributed by atoms with Crippen LogP contribution in [0.15, 0.2) is 29.3 Å². The maximum atomic E-state index is 5.85. The second kappa shape index (κ2) is 10.7. The molecule has 2 N–H and O–H groups in total. The first kappa shape index (κ1) is 20.0. The molecule has 0 aromatic heterocycles. The van der Waals surface area contributed by atoms with Crippen LogP contribution in [0, 0.1) is 0 Å². The number of rotatable bonds is 6. The molecular formula is C16H28IN3O. The second-order valence-electron chi connectivity index (χ2n) is 5.34. The predicted molar refractivity (Wildman–Crippen MR) is 101 cm³/mol. The molecule has 0 aliphatic carbocycles. The Morgan fingerprint density at radius 3 is 2.43 bits per heavy atom. The quantitative estimate of drug-likeness (QED) is 0.330. The van der Waals surface area contributed by atoms with Gasteiger partial charge in [0.05, 0.1) is 6.54 Å². The smallest absolute Gasteiger partial charge is 0.191 e. The zero-order valence-electron chi connectivity index (χ0n) is 13.6. The highest BCUT2D eigenvalue weighted by atomic mass is 127. The topological polar surface area (TPSA) is 45.7 Å². The molecule has 21 heavy (non-hydrogen) atoms. The number of ether oxygens (including phenoxy) is 1. The van der Waals surface area contributed by atoms with E-state index in [4.69, 9.17) is 4.74 Å². The largest absolute Gasteiger partial charge is 0.491 e. The number of nitrogens with zero attached hydrogens (tertiary/aromatic N) is 1. The van der Waals surface area contributed by atoms with Gasteiger partial charge in [-0.25, -0.2) is 0 Å². The highest BCUT2D eigenvalue weighted by Gasteiger charge is 2.06. The van der Waals surface area contributed by atoms with Crippen molar-refractivity contribution in [2.75, 3.05) is 20.2 Å². The van der Waals surface area contributed by atoms with Crippen LogP contribution < -0.4 is 15.4 Å². The van der Waals surface area contributed by atoms with E-state index in [0.717, 1.165) is 18.3 Å². The summed E-state index contributed by atoms with van der Waals surface area (Å²) >= 11 is 0. The minimum absolute atomic E-state index is 0. The number of hydrogen-bond acceptors (Lipinski definition) is 2. The summed E-state index contributed by atoms with van der Waals surface area (Å²) < 4.78 is 5.85. The summed E-state index contributed by atoms with van der Waals surface area (Å²) in [5.41, 5.74) is 1.25. The fourth-order valence-electron chi connectivity index (χ4n) is 1.89. The van der Waals surface area contributed by atoms with Crippen LogP contribution >= 0.6 is 24.0 Å². The van der Waals surface area contributed by atoms with Gasteiger partial charge >= 0.3 is 0 Å². The first-order valence-electron chi connectivity index (χ1n) is 7.23. The Labute approximate surface area is 145 Å². The minimum atomic E-state index is 0. The summed E-state index contributed by atoms with van der Waals surface area (Å²) in [4.78, 5) is 4.16. The number of para-hydroxylation sites is 1. The number of benzene rings is 1. The fraction of sp³-hybridized carbons (Fsp3) is 0.562. The Hall–Kier alpha value is -0.980. The van der Waals surface area contributed by atoms with Crippen molar-refractivity contribution in [3.8, 4) is 5.75 Å². The fourth-order valence-corrected chi connectivity index (χ4v) is 1.89. The Morgan fingerprint density at radius 2 is 1.86 bits per heavy atom. The molecule has 0 atom stereocenters. The average molecular weight is 405 g/mol. The molecule has 0 saturated heterocycles. The molecule has 0 spiro atoms. The molecule has 0 aliphatic heterocycles. The number of aliphatic imine (C=N–C) groups is 1. The monoisotopic (exact) mass is 405 g/mol. The lowest BCUT2D eigenvalue weighted by Gasteiger charge is -2.16. The summed E-state index contributed by atoms with van der Waals surface area (Å²) in [6.45, 7) is 9.86. The van der Waals surface area contributed by atoms with E-state index in [-0.39, 0.29) is 24.0 Å². The van der Waals surface area contributed by atoms with Gasteiger partial charge in [0.2, 0.25) is 0 Å². The van der Waals surface area contributed by atoms with Gasteiger partial charge in [0, 0.05) is 13.1 Å². The van der Waals surface area contributed by atoms with Gasteiger partial charge in [-0.05, 0) is 31.4 Å². The maximum absolute atomic E-state index is 5.85. The Kier molecular flexibility index (Phi) is 10.2. The van der Waals surface area contributed by atoms with E-state index in [1.54, 1.807) is 7.05 Å². The van der Waals surface area contributed by atoms with E-state index in [1.165, 1.54) is 5.56 Å². The van der Waals surface area contributed by atoms with E-state index < -0.39 is 0 Å². The molecule has 1 rings (SSSR count). The number of guanidine groups is 1. The third-order valence-corrected chi connectivity index (χ3v) is 2.84. The van der Waals surface area contributed by atoms with Crippen molar-refractivity contribution in [3.05, 3.63) is 29.8 Å². The molecule has 1 aromatic carbocycles. The molecule has 4 nitrogen and oxygen atoms in total. The SMILES string of the molecule is CN=C(NCCOc1ccccc1C(C)C)NC(C)C.I. The normalized spacial score (nSPS) is 11.3. The lowest BCUT2D eigenvalue weighted by atomic mass is 10.0. The summed E-state index contributed by atoms with van der Waals surface area (Å²) in [7, 11) is 1.77. The van der Waals surface area contributed by atoms with Crippen molar-refractivity contribution >= 4 is 29.9 Å². The third kappa shape index (κ3) is 7.55. The number of nitrogens with one attached hydrogen (secondary N) is 2. The van der Waals surface area contributed by atoms with Gasteiger partial charge in [0.25, 0.3) is 0 Å². The summed E-state index contributed by atoms with van der Waals surface area (Å²) in [6.07, 6.45) is 0. The highest BCUT2D eigenvalue weighted by Crippen LogP contribution is 2.25. The van der Waals surface area contributed by atoms with Crippen LogP contribution in [0.3, 0.4) is 0 Å². The molecule has 0 heterocycles. The number of hydrogen-bond donors (Lipinski definition) is 2. The predicted octanol–water partition coefficient (Wildman–Crippen LogP) is 3.38. The van der Waals surface area contributed by atoms with Crippen molar-refractivity contribution in [1.29, 1.82) is 0 Å². The van der Waals surface area contributed by atoms with Crippen molar-refractivity contribution in [1.82, 2.24) is 10.6 Å². The molecule has 120 valence electrons. The molecule has 5 heteroatoms. The Balaban J connectivity index is 0.00000400. The highest BCUT2D eigenvalue weighted by molar-refractivity contribution is 14.0. The molecule has 0 aliphatic rings. The van der Waals surface area contributed by atoms with Crippen LogP contribution in [0.2, 0.25) is 0 Å². The molecule has 0 saturated carbocycles. The van der Waals surface area contributed by atoms with E-state index in [9.17, 15) is 0 Å². The van der Waals surface area contributed by atoms with Gasteiger partial charge < -0.3 is 15.4 Å². The van der Waals surface area contributed by atoms with Crippen molar-refractivity contribution in [2.45, 2.75) is 39.7 Å². The van der Waals surface area contributed by atoms with Gasteiger partial charge in [-0.1, -0.05) is 32.0 Å². The molecule has 0 bridgehead atoms. The summed E-state index contributed by atoms with van der Waals surface area (Å²) in [5.74, 6) is 2.24. The van der Waals surface area contributed by atoms with Crippen LogP contribution in [-0.2, 0) is 0 Å². The van der Waals surface area contributed by atoms with Gasteiger partial charge in [0.1, 0.15) is 12.4 Å². The Morgan fingerprint density at radius 1 is 1.19 bits per heavy atom. The average Bonchev–Trinajstić information content (AvgIpc) is 2.42. The zero-order chi connectivity index (χ0) is 15.0. The van der Waals surface area contributed by atoms with Crippen LogP contribution in [0.1, 0.15) is 39.2 Å². The lowest BCUT2D eigenvalue weighted by Crippen LogP contribution is -2.42. The number of halogens is 1. The molecule has 0 amide bonds. The van der Waals surface area contributed by atoms with Crippen molar-refractivity contribution < 1.29 is 4.74 Å². The summed E-state index contributed by atoms with van der Waals surface area (Å²) in [5, 5.41) is 6.47. The molecule has 0 fully saturated rings. The van der Waals surface area contributed by atoms with Gasteiger partial charge in [-0.3, -0.25) is 4.99 Å². The molecule has 0 radical (unpaired) electrons. The lowest BCUT2D eigenvalue weighted by molar-refractivity contribution is 0.317. The zero-order valence-corrected chi connectivity index (χ0v) is 16.0. The van der Waals surface area contributed by atoms with Crippen LogP contribution in [0.25, 0.3) is 0 Å². The Bertz CT molecular complexity index is 433. The first-order chi connectivity index (χ1) is 9.54. The second-order valence-corrected chi connectivity index (χ2v) is 5.34. The van der Waals surface area contributed by atoms with Crippen molar-refractivity contribution in [3.63, 3.8) is 0 Å². The summed E-state index contributed by atoms with van der Waals surface area (Å²) in [6, 6.07) is 8.56. The van der Waals surface area contributed by atoms with Crippen LogP contribution in [0.4, 0.5) is 0 Å². The van der Waals surface area contributed by atoms with Gasteiger partial charge in [0.15, 0.2) is 5.96 Å². The minimum Gasteiger partial charge on any atom is -0.491 e. The van der Waals surface area contributed by atoms with Crippen molar-refractivity contribution in [2.24, 2.45) is 4.99 Å².